The summed E-state index contributed by atoms with van der Waals surface area (Å²) in [5, 5.41) is 9.28. The van der Waals surface area contributed by atoms with Gasteiger partial charge in [-0.2, -0.15) is 0 Å². The lowest BCUT2D eigenvalue weighted by Gasteiger charge is -2.36. The molecule has 1 fully saturated rings. The summed E-state index contributed by atoms with van der Waals surface area (Å²) < 4.78 is 0.766. The number of likely N-dealkylation sites (tertiary alicyclic amines) is 1. The molecule has 1 aliphatic heterocycles. The van der Waals surface area contributed by atoms with Crippen LogP contribution < -0.4 is 0 Å². The Morgan fingerprint density at radius 1 is 1.48 bits per heavy atom. The van der Waals surface area contributed by atoms with Crippen LogP contribution >= 0.6 is 15.9 Å². The largest absolute Gasteiger partial charge is 0.465 e. The van der Waals surface area contributed by atoms with E-state index in [-0.39, 0.29) is 23.9 Å². The van der Waals surface area contributed by atoms with Crippen LogP contribution in [0.5, 0.6) is 0 Å². The molecule has 2 rings (SSSR count). The van der Waals surface area contributed by atoms with Crippen molar-refractivity contribution >= 4 is 27.9 Å². The highest BCUT2D eigenvalue weighted by Gasteiger charge is 2.42. The van der Waals surface area contributed by atoms with Crippen LogP contribution in [0, 0.1) is 5.92 Å². The summed E-state index contributed by atoms with van der Waals surface area (Å²) in [6.45, 7) is 5.72. The molecule has 0 saturated carbocycles. The van der Waals surface area contributed by atoms with Crippen LogP contribution in [-0.4, -0.2) is 56.0 Å². The van der Waals surface area contributed by atoms with E-state index in [0.29, 0.717) is 0 Å². The number of halogens is 1. The predicted octanol–water partition coefficient (Wildman–Crippen LogP) is 2.86. The number of nitrogens with one attached hydrogen (secondary N) is 1. The number of H-pyrrole nitrogens is 1. The molecule has 0 unspecified atom stereocenters. The van der Waals surface area contributed by atoms with Crippen molar-refractivity contribution in [2.24, 2.45) is 5.92 Å². The molecule has 0 aromatic carbocycles. The molecule has 2 amide bonds. The van der Waals surface area contributed by atoms with Crippen molar-refractivity contribution in [3.05, 3.63) is 16.6 Å². The third kappa shape index (κ3) is 3.52. The fraction of sp³-hybridized carbons (Fsp3) is 0.667. The van der Waals surface area contributed by atoms with E-state index in [1.807, 2.05) is 20.8 Å². The summed E-state index contributed by atoms with van der Waals surface area (Å²) in [6, 6.07) is -0.791. The summed E-state index contributed by atoms with van der Waals surface area (Å²) in [5.74, 6) is 0.461. The summed E-state index contributed by atoms with van der Waals surface area (Å²) >= 11 is 3.34. The van der Waals surface area contributed by atoms with E-state index in [1.54, 1.807) is 11.1 Å². The van der Waals surface area contributed by atoms with Crippen LogP contribution in [-0.2, 0) is 4.79 Å². The molecule has 1 aromatic heterocycles. The standard InChI is InChI=1S/C15H23BrN4O3/c1-8(2)12(19(4)15(22)23)14(21)20-9(3)5-6-10(20)13-17-7-11(16)18-13/h7-10,12H,5-6H2,1-4H3,(H,17,18)(H,22,23)/t9-,10-,12-/m0/s1. The van der Waals surface area contributed by atoms with Crippen LogP contribution in [0.4, 0.5) is 4.79 Å². The molecule has 23 heavy (non-hydrogen) atoms. The minimum atomic E-state index is -1.10. The Morgan fingerprint density at radius 3 is 2.61 bits per heavy atom. The second-order valence-electron chi connectivity index (χ2n) is 6.39. The molecule has 128 valence electrons. The highest BCUT2D eigenvalue weighted by Crippen LogP contribution is 2.36. The van der Waals surface area contributed by atoms with Gasteiger partial charge in [0.15, 0.2) is 0 Å². The SMILES string of the molecule is CC(C)[C@@H](C(=O)N1[C@@H](C)CC[C@H]1c1ncc(Br)[nH]1)N(C)C(=O)O. The first kappa shape index (κ1) is 17.8. The van der Waals surface area contributed by atoms with Gasteiger partial charge in [0.25, 0.3) is 0 Å². The number of rotatable bonds is 4. The number of nitrogens with zero attached hydrogens (tertiary/aromatic N) is 3. The molecule has 1 aromatic rings. The third-order valence-corrected chi connectivity index (χ3v) is 4.81. The fourth-order valence-electron chi connectivity index (χ4n) is 3.28. The number of carbonyl (C=O) groups excluding carboxylic acids is 1. The summed E-state index contributed by atoms with van der Waals surface area (Å²) in [7, 11) is 1.45. The Hall–Kier alpha value is -1.57. The molecule has 1 aliphatic rings. The number of aromatic amines is 1. The van der Waals surface area contributed by atoms with Crippen molar-refractivity contribution in [2.75, 3.05) is 7.05 Å². The predicted molar refractivity (Wildman–Crippen MR) is 89.0 cm³/mol. The lowest BCUT2D eigenvalue weighted by atomic mass is 10.0. The zero-order valence-electron chi connectivity index (χ0n) is 13.8. The van der Waals surface area contributed by atoms with Crippen molar-refractivity contribution < 1.29 is 14.7 Å². The minimum Gasteiger partial charge on any atom is -0.465 e. The van der Waals surface area contributed by atoms with Crippen molar-refractivity contribution in [3.63, 3.8) is 0 Å². The molecule has 0 spiro atoms. The Balaban J connectivity index is 2.31. The molecule has 0 aliphatic carbocycles. The molecule has 1 saturated heterocycles. The van der Waals surface area contributed by atoms with Crippen LogP contribution in [0.15, 0.2) is 10.8 Å². The average Bonchev–Trinajstić information content (AvgIpc) is 3.04. The Labute approximate surface area is 144 Å². The molecule has 2 N–H and O–H groups in total. The Bertz CT molecular complexity index is 589. The number of carbonyl (C=O) groups is 2. The first-order valence-electron chi connectivity index (χ1n) is 7.72. The monoisotopic (exact) mass is 386 g/mol. The lowest BCUT2D eigenvalue weighted by molar-refractivity contribution is -0.140. The van der Waals surface area contributed by atoms with E-state index < -0.39 is 12.1 Å². The summed E-state index contributed by atoms with van der Waals surface area (Å²) in [6.07, 6.45) is 2.26. The van der Waals surface area contributed by atoms with Crippen molar-refractivity contribution in [1.82, 2.24) is 19.8 Å². The van der Waals surface area contributed by atoms with Gasteiger partial charge in [0, 0.05) is 13.1 Å². The number of amides is 2. The fourth-order valence-corrected chi connectivity index (χ4v) is 3.58. The van der Waals surface area contributed by atoms with Gasteiger partial charge in [-0.05, 0) is 41.6 Å². The summed E-state index contributed by atoms with van der Waals surface area (Å²) in [4.78, 5) is 34.8. The van der Waals surface area contributed by atoms with Gasteiger partial charge in [-0.1, -0.05) is 13.8 Å². The number of hydrogen-bond acceptors (Lipinski definition) is 3. The molecular formula is C15H23BrN4O3. The first-order valence-corrected chi connectivity index (χ1v) is 8.51. The van der Waals surface area contributed by atoms with E-state index in [1.165, 1.54) is 7.05 Å². The van der Waals surface area contributed by atoms with Crippen molar-refractivity contribution in [2.45, 2.75) is 51.7 Å². The second kappa shape index (κ2) is 6.90. The van der Waals surface area contributed by atoms with Gasteiger partial charge in [0.05, 0.1) is 12.2 Å². The van der Waals surface area contributed by atoms with Gasteiger partial charge < -0.3 is 15.0 Å². The van der Waals surface area contributed by atoms with Gasteiger partial charge >= 0.3 is 6.09 Å². The zero-order valence-corrected chi connectivity index (χ0v) is 15.4. The number of hydrogen-bond donors (Lipinski definition) is 2. The maximum absolute atomic E-state index is 13.1. The minimum absolute atomic E-state index is 0.0554. The highest BCUT2D eigenvalue weighted by molar-refractivity contribution is 9.10. The van der Waals surface area contributed by atoms with Crippen molar-refractivity contribution in [1.29, 1.82) is 0 Å². The molecule has 7 nitrogen and oxygen atoms in total. The Kier molecular flexibility index (Phi) is 5.33. The van der Waals surface area contributed by atoms with Gasteiger partial charge in [-0.3, -0.25) is 9.69 Å². The highest BCUT2D eigenvalue weighted by atomic mass is 79.9. The van der Waals surface area contributed by atoms with Crippen LogP contribution in [0.1, 0.15) is 45.5 Å². The Morgan fingerprint density at radius 2 is 2.13 bits per heavy atom. The topological polar surface area (TPSA) is 89.5 Å². The van der Waals surface area contributed by atoms with Crippen LogP contribution in [0.2, 0.25) is 0 Å². The third-order valence-electron chi connectivity index (χ3n) is 4.41. The van der Waals surface area contributed by atoms with Gasteiger partial charge in [-0.25, -0.2) is 9.78 Å². The van der Waals surface area contributed by atoms with E-state index in [0.717, 1.165) is 28.2 Å². The van der Waals surface area contributed by atoms with E-state index in [2.05, 4.69) is 25.9 Å². The number of imidazole rings is 1. The van der Waals surface area contributed by atoms with Crippen LogP contribution in [0.25, 0.3) is 0 Å². The molecule has 0 radical (unpaired) electrons. The first-order chi connectivity index (χ1) is 10.7. The maximum atomic E-state index is 13.1. The number of carboxylic acid groups (broad SMARTS) is 1. The van der Waals surface area contributed by atoms with Gasteiger partial charge in [0.2, 0.25) is 5.91 Å². The molecule has 0 bridgehead atoms. The van der Waals surface area contributed by atoms with Crippen LogP contribution in [0.3, 0.4) is 0 Å². The van der Waals surface area contributed by atoms with Gasteiger partial charge in [0.1, 0.15) is 16.5 Å². The van der Waals surface area contributed by atoms with Crippen molar-refractivity contribution in [3.8, 4) is 0 Å². The zero-order chi connectivity index (χ0) is 17.3. The van der Waals surface area contributed by atoms with E-state index in [4.69, 9.17) is 0 Å². The normalized spacial score (nSPS) is 22.4. The lowest BCUT2D eigenvalue weighted by Crippen LogP contribution is -2.53. The smallest absolute Gasteiger partial charge is 0.407 e. The quantitative estimate of drug-likeness (QED) is 0.832. The molecule has 8 heteroatoms. The number of aromatic nitrogens is 2. The molecule has 3 atom stereocenters. The maximum Gasteiger partial charge on any atom is 0.407 e. The summed E-state index contributed by atoms with van der Waals surface area (Å²) in [5.41, 5.74) is 0. The van der Waals surface area contributed by atoms with Gasteiger partial charge in [-0.15, -0.1) is 0 Å². The molecule has 2 heterocycles. The van der Waals surface area contributed by atoms with E-state index >= 15 is 0 Å². The second-order valence-corrected chi connectivity index (χ2v) is 7.24. The number of likely N-dealkylation sites (N-methyl/N-ethyl adjacent to an activating group) is 1. The molecular weight excluding hydrogens is 364 g/mol. The average molecular weight is 387 g/mol. The van der Waals surface area contributed by atoms with E-state index in [9.17, 15) is 14.7 Å².